The Balaban J connectivity index is 1.44. The van der Waals surface area contributed by atoms with Gasteiger partial charge in [-0.05, 0) is 67.4 Å². The smallest absolute Gasteiger partial charge is 0.255 e. The number of aryl methyl sites for hydroxylation is 1. The van der Waals surface area contributed by atoms with Crippen LogP contribution in [-0.4, -0.2) is 16.9 Å². The Kier molecular flexibility index (Phi) is 7.97. The lowest BCUT2D eigenvalue weighted by atomic mass is 9.86. The van der Waals surface area contributed by atoms with Gasteiger partial charge in [0.25, 0.3) is 5.91 Å². The van der Waals surface area contributed by atoms with Crippen molar-refractivity contribution in [3.05, 3.63) is 59.7 Å². The molecule has 0 bridgehead atoms. The maximum Gasteiger partial charge on any atom is 0.255 e. The number of thiocarbonyl (C=S) groups is 1. The number of carbonyl (C=O) groups is 2. The molecule has 6 heteroatoms. The van der Waals surface area contributed by atoms with Gasteiger partial charge in [-0.1, -0.05) is 50.3 Å². The highest BCUT2D eigenvalue weighted by Crippen LogP contribution is 2.27. The largest absolute Gasteiger partial charge is 0.332 e. The van der Waals surface area contributed by atoms with E-state index in [9.17, 15) is 9.59 Å². The molecule has 158 valence electrons. The average Bonchev–Trinajstić information content (AvgIpc) is 2.74. The molecule has 1 aliphatic rings. The molecular weight excluding hydrogens is 394 g/mol. The van der Waals surface area contributed by atoms with Crippen molar-refractivity contribution in [1.82, 2.24) is 5.32 Å². The van der Waals surface area contributed by atoms with Crippen LogP contribution in [0.15, 0.2) is 48.5 Å². The Morgan fingerprint density at radius 3 is 2.23 bits per heavy atom. The molecule has 1 saturated carbocycles. The van der Waals surface area contributed by atoms with Crippen molar-refractivity contribution in [2.75, 3.05) is 10.6 Å². The number of rotatable bonds is 6. The lowest BCUT2D eigenvalue weighted by Crippen LogP contribution is -2.34. The summed E-state index contributed by atoms with van der Waals surface area (Å²) in [4.78, 5) is 24.5. The molecule has 0 atom stereocenters. The minimum absolute atomic E-state index is 0.0415. The number of hydrogen-bond acceptors (Lipinski definition) is 3. The normalized spacial score (nSPS) is 14.0. The van der Waals surface area contributed by atoms with Gasteiger partial charge in [-0.25, -0.2) is 0 Å². The quantitative estimate of drug-likeness (QED) is 0.543. The zero-order valence-electron chi connectivity index (χ0n) is 17.4. The molecule has 30 heavy (non-hydrogen) atoms. The highest BCUT2D eigenvalue weighted by molar-refractivity contribution is 7.80. The van der Waals surface area contributed by atoms with Gasteiger partial charge in [-0.2, -0.15) is 0 Å². The second-order valence-corrected chi connectivity index (χ2v) is 8.30. The summed E-state index contributed by atoms with van der Waals surface area (Å²) >= 11 is 5.25. The van der Waals surface area contributed by atoms with E-state index in [0.29, 0.717) is 28.7 Å². The van der Waals surface area contributed by atoms with Gasteiger partial charge < -0.3 is 16.0 Å². The van der Waals surface area contributed by atoms with Gasteiger partial charge in [0.15, 0.2) is 5.11 Å². The maximum atomic E-state index is 12.4. The third kappa shape index (κ3) is 6.66. The second kappa shape index (κ2) is 10.9. The molecule has 0 heterocycles. The third-order valence-corrected chi connectivity index (χ3v) is 5.75. The van der Waals surface area contributed by atoms with Crippen molar-refractivity contribution in [3.8, 4) is 0 Å². The zero-order valence-corrected chi connectivity index (χ0v) is 18.2. The SMILES string of the molecule is Cc1ccccc1C(=O)Nc1ccc(NC(=S)NC(=O)CCC2CCCCC2)cc1. The fraction of sp³-hybridized carbons (Fsp3) is 0.375. The van der Waals surface area contributed by atoms with Crippen molar-refractivity contribution in [2.45, 2.75) is 51.9 Å². The summed E-state index contributed by atoms with van der Waals surface area (Å²) < 4.78 is 0. The summed E-state index contributed by atoms with van der Waals surface area (Å²) in [5.74, 6) is 0.489. The standard InChI is InChI=1S/C24H29N3O2S/c1-17-7-5-6-10-21(17)23(29)25-19-12-14-20(15-13-19)26-24(30)27-22(28)16-11-18-8-3-2-4-9-18/h5-7,10,12-15,18H,2-4,8-9,11,16H2,1H3,(H,25,29)(H2,26,27,28,30). The first-order chi connectivity index (χ1) is 14.5. The third-order valence-electron chi connectivity index (χ3n) is 5.55. The van der Waals surface area contributed by atoms with Crippen LogP contribution in [0.3, 0.4) is 0 Å². The number of nitrogens with one attached hydrogen (secondary N) is 3. The Bertz CT molecular complexity index is 890. The van der Waals surface area contributed by atoms with E-state index in [4.69, 9.17) is 12.2 Å². The minimum Gasteiger partial charge on any atom is -0.332 e. The predicted octanol–water partition coefficient (Wildman–Crippen LogP) is 5.42. The van der Waals surface area contributed by atoms with E-state index in [1.165, 1.54) is 32.1 Å². The lowest BCUT2D eigenvalue weighted by molar-refractivity contribution is -0.120. The Hall–Kier alpha value is -2.73. The van der Waals surface area contributed by atoms with E-state index in [1.807, 2.05) is 37.3 Å². The van der Waals surface area contributed by atoms with Crippen LogP contribution in [0, 0.1) is 12.8 Å². The highest BCUT2D eigenvalue weighted by atomic mass is 32.1. The Labute approximate surface area is 183 Å². The van der Waals surface area contributed by atoms with Gasteiger partial charge in [0.2, 0.25) is 5.91 Å². The van der Waals surface area contributed by atoms with Crippen LogP contribution in [0.5, 0.6) is 0 Å². The van der Waals surface area contributed by atoms with Crippen LogP contribution in [0.25, 0.3) is 0 Å². The fourth-order valence-electron chi connectivity index (χ4n) is 3.83. The number of carbonyl (C=O) groups excluding carboxylic acids is 2. The van der Waals surface area contributed by atoms with Crippen LogP contribution in [0.1, 0.15) is 60.9 Å². The first-order valence-corrected chi connectivity index (χ1v) is 11.0. The van der Waals surface area contributed by atoms with Crippen LogP contribution in [-0.2, 0) is 4.79 Å². The summed E-state index contributed by atoms with van der Waals surface area (Å²) in [6, 6.07) is 14.7. The fourth-order valence-corrected chi connectivity index (χ4v) is 4.06. The zero-order chi connectivity index (χ0) is 21.3. The van der Waals surface area contributed by atoms with Crippen molar-refractivity contribution in [3.63, 3.8) is 0 Å². The van der Waals surface area contributed by atoms with Crippen LogP contribution in [0.2, 0.25) is 0 Å². The molecule has 3 N–H and O–H groups in total. The summed E-state index contributed by atoms with van der Waals surface area (Å²) in [5.41, 5.74) is 3.02. The van der Waals surface area contributed by atoms with Crippen LogP contribution < -0.4 is 16.0 Å². The van der Waals surface area contributed by atoms with Gasteiger partial charge in [-0.15, -0.1) is 0 Å². The molecule has 2 amide bonds. The maximum absolute atomic E-state index is 12.4. The molecule has 0 aromatic heterocycles. The average molecular weight is 424 g/mol. The molecule has 1 aliphatic carbocycles. The summed E-state index contributed by atoms with van der Waals surface area (Å²) in [7, 11) is 0. The van der Waals surface area contributed by atoms with E-state index in [-0.39, 0.29) is 11.8 Å². The van der Waals surface area contributed by atoms with E-state index in [1.54, 1.807) is 18.2 Å². The van der Waals surface area contributed by atoms with Gasteiger partial charge in [0, 0.05) is 23.4 Å². The molecular formula is C24H29N3O2S. The number of anilines is 2. The van der Waals surface area contributed by atoms with Crippen molar-refractivity contribution in [1.29, 1.82) is 0 Å². The van der Waals surface area contributed by atoms with E-state index in [2.05, 4.69) is 16.0 Å². The number of hydrogen-bond donors (Lipinski definition) is 3. The molecule has 2 aromatic carbocycles. The van der Waals surface area contributed by atoms with Crippen molar-refractivity contribution >= 4 is 40.5 Å². The molecule has 2 aromatic rings. The van der Waals surface area contributed by atoms with Crippen LogP contribution in [0.4, 0.5) is 11.4 Å². The second-order valence-electron chi connectivity index (χ2n) is 7.89. The van der Waals surface area contributed by atoms with Crippen molar-refractivity contribution < 1.29 is 9.59 Å². The summed E-state index contributed by atoms with van der Waals surface area (Å²) in [6.07, 6.45) is 7.82. The highest BCUT2D eigenvalue weighted by Gasteiger charge is 2.15. The molecule has 3 rings (SSSR count). The van der Waals surface area contributed by atoms with E-state index >= 15 is 0 Å². The first-order valence-electron chi connectivity index (χ1n) is 10.6. The first kappa shape index (κ1) is 22.0. The van der Waals surface area contributed by atoms with Gasteiger partial charge >= 0.3 is 0 Å². The van der Waals surface area contributed by atoms with Crippen molar-refractivity contribution in [2.24, 2.45) is 5.92 Å². The monoisotopic (exact) mass is 423 g/mol. The topological polar surface area (TPSA) is 70.2 Å². The molecule has 1 fully saturated rings. The molecule has 5 nitrogen and oxygen atoms in total. The number of amides is 2. The number of benzene rings is 2. The van der Waals surface area contributed by atoms with Gasteiger partial charge in [0.1, 0.15) is 0 Å². The predicted molar refractivity (Wildman–Crippen MR) is 126 cm³/mol. The van der Waals surface area contributed by atoms with Gasteiger partial charge in [-0.3, -0.25) is 9.59 Å². The van der Waals surface area contributed by atoms with E-state index < -0.39 is 0 Å². The molecule has 0 saturated heterocycles. The molecule has 0 radical (unpaired) electrons. The molecule has 0 unspecified atom stereocenters. The van der Waals surface area contributed by atoms with Crippen LogP contribution >= 0.6 is 12.2 Å². The Morgan fingerprint density at radius 1 is 0.933 bits per heavy atom. The minimum atomic E-state index is -0.144. The summed E-state index contributed by atoms with van der Waals surface area (Å²) in [5, 5.41) is 8.96. The van der Waals surface area contributed by atoms with E-state index in [0.717, 1.165) is 17.7 Å². The molecule has 0 aliphatic heterocycles. The lowest BCUT2D eigenvalue weighted by Gasteiger charge is -2.21. The van der Waals surface area contributed by atoms with Gasteiger partial charge in [0.05, 0.1) is 0 Å². The Morgan fingerprint density at radius 2 is 1.57 bits per heavy atom. The molecule has 0 spiro atoms. The summed E-state index contributed by atoms with van der Waals surface area (Å²) in [6.45, 7) is 1.91.